The normalized spacial score (nSPS) is 15.0. The van der Waals surface area contributed by atoms with Gasteiger partial charge in [0.05, 0.1) is 0 Å². The van der Waals surface area contributed by atoms with E-state index in [2.05, 4.69) is 46.5 Å². The van der Waals surface area contributed by atoms with Gasteiger partial charge in [0.1, 0.15) is 0 Å². The summed E-state index contributed by atoms with van der Waals surface area (Å²) in [6.07, 6.45) is 0. The molecule has 0 aliphatic rings. The Hall–Kier alpha value is 0.759. The van der Waals surface area contributed by atoms with E-state index in [0.717, 1.165) is 0 Å². The van der Waals surface area contributed by atoms with E-state index < -0.39 is 18.8 Å². The fourth-order valence-electron chi connectivity index (χ4n) is 1.74. The molecule has 0 saturated carbocycles. The molecule has 0 radical (unpaired) electrons. The van der Waals surface area contributed by atoms with Crippen molar-refractivity contribution >= 4 is 18.8 Å². The van der Waals surface area contributed by atoms with Crippen LogP contribution in [0.25, 0.3) is 0 Å². The Morgan fingerprint density at radius 3 is 1.08 bits per heavy atom. The van der Waals surface area contributed by atoms with Gasteiger partial charge in [0.2, 0.25) is 0 Å². The molecule has 0 amide bonds. The quantitative estimate of drug-likeness (QED) is 0.663. The van der Waals surface area contributed by atoms with Crippen LogP contribution < -0.4 is 0 Å². The minimum atomic E-state index is -2.42. The Balaban J connectivity index is 4.95. The van der Waals surface area contributed by atoms with E-state index >= 15 is 0 Å². The molecule has 12 heavy (non-hydrogen) atoms. The molecular formula is C10H24OSn. The van der Waals surface area contributed by atoms with Crippen LogP contribution in [0.2, 0.25) is 11.8 Å². The molecule has 0 spiro atoms. The Morgan fingerprint density at radius 2 is 1.08 bits per heavy atom. The molecule has 0 bridgehead atoms. The van der Waals surface area contributed by atoms with E-state index in [9.17, 15) is 0 Å². The third-order valence-electron chi connectivity index (χ3n) is 3.27. The van der Waals surface area contributed by atoms with Crippen LogP contribution in [-0.2, 0) is 3.07 Å². The maximum absolute atomic E-state index is 5.88. The molecule has 0 aliphatic heterocycles. The Labute approximate surface area is 82.3 Å². The zero-order valence-electron chi connectivity index (χ0n) is 9.91. The first-order valence-electron chi connectivity index (χ1n) is 4.61. The molecule has 74 valence electrons. The molecule has 0 heterocycles. The summed E-state index contributed by atoms with van der Waals surface area (Å²) in [5, 5.41) is 0. The van der Waals surface area contributed by atoms with Gasteiger partial charge in [-0.25, -0.2) is 0 Å². The van der Waals surface area contributed by atoms with E-state index in [1.807, 2.05) is 7.11 Å². The second-order valence-corrected chi connectivity index (χ2v) is 21.4. The van der Waals surface area contributed by atoms with E-state index in [-0.39, 0.29) is 0 Å². The van der Waals surface area contributed by atoms with Crippen molar-refractivity contribution in [2.75, 3.05) is 7.11 Å². The first kappa shape index (κ1) is 12.8. The van der Waals surface area contributed by atoms with Gasteiger partial charge < -0.3 is 0 Å². The minimum absolute atomic E-state index is 0.377. The molecule has 0 aromatic heterocycles. The van der Waals surface area contributed by atoms with Gasteiger partial charge in [-0.3, -0.25) is 0 Å². The van der Waals surface area contributed by atoms with Crippen LogP contribution in [0.4, 0.5) is 0 Å². The summed E-state index contributed by atoms with van der Waals surface area (Å²) in [6, 6.07) is 0. The van der Waals surface area contributed by atoms with Crippen LogP contribution in [0.1, 0.15) is 41.5 Å². The van der Waals surface area contributed by atoms with Gasteiger partial charge in [0.25, 0.3) is 0 Å². The predicted molar refractivity (Wildman–Crippen MR) is 58.1 cm³/mol. The van der Waals surface area contributed by atoms with Gasteiger partial charge in [-0.15, -0.1) is 0 Å². The van der Waals surface area contributed by atoms with Crippen LogP contribution in [0.3, 0.4) is 0 Å². The summed E-state index contributed by atoms with van der Waals surface area (Å²) in [6.45, 7) is 13.9. The topological polar surface area (TPSA) is 9.23 Å². The Morgan fingerprint density at radius 1 is 0.833 bits per heavy atom. The average Bonchev–Trinajstić information content (AvgIpc) is 1.81. The monoisotopic (exact) mass is 280 g/mol. The molecule has 0 aliphatic carbocycles. The number of hydrogen-bond acceptors (Lipinski definition) is 1. The van der Waals surface area contributed by atoms with Gasteiger partial charge in [-0.05, 0) is 0 Å². The summed E-state index contributed by atoms with van der Waals surface area (Å²) in [4.78, 5) is 2.40. The SMILES string of the molecule is C[O][Sn]([CH3])([C](C)(C)C)[C](C)(C)C. The Bertz CT molecular complexity index is 136. The van der Waals surface area contributed by atoms with Gasteiger partial charge in [0.15, 0.2) is 0 Å². The molecule has 0 aromatic carbocycles. The average molecular weight is 279 g/mol. The summed E-state index contributed by atoms with van der Waals surface area (Å²) >= 11 is -2.42. The van der Waals surface area contributed by atoms with Crippen molar-refractivity contribution in [2.45, 2.75) is 53.3 Å². The molecule has 0 unspecified atom stereocenters. The summed E-state index contributed by atoms with van der Waals surface area (Å²) in [5.41, 5.74) is 0. The van der Waals surface area contributed by atoms with E-state index in [0.29, 0.717) is 6.86 Å². The summed E-state index contributed by atoms with van der Waals surface area (Å²) < 4.78 is 6.63. The third kappa shape index (κ3) is 2.16. The third-order valence-corrected chi connectivity index (χ3v) is 21.9. The van der Waals surface area contributed by atoms with Crippen LogP contribution in [0.15, 0.2) is 0 Å². The van der Waals surface area contributed by atoms with Crippen LogP contribution in [-0.4, -0.2) is 25.9 Å². The summed E-state index contributed by atoms with van der Waals surface area (Å²) in [7, 11) is 1.90. The van der Waals surface area contributed by atoms with Gasteiger partial charge in [-0.2, -0.15) is 0 Å². The molecule has 2 heteroatoms. The molecule has 0 N–H and O–H groups in total. The van der Waals surface area contributed by atoms with Crippen molar-refractivity contribution in [2.24, 2.45) is 0 Å². The zero-order valence-corrected chi connectivity index (χ0v) is 12.8. The van der Waals surface area contributed by atoms with Gasteiger partial charge in [0, 0.05) is 0 Å². The number of hydrogen-bond donors (Lipinski definition) is 0. The van der Waals surface area contributed by atoms with Gasteiger partial charge >= 0.3 is 82.3 Å². The molecule has 1 nitrogen and oxygen atoms in total. The van der Waals surface area contributed by atoms with E-state index in [1.165, 1.54) is 0 Å². The van der Waals surface area contributed by atoms with Crippen LogP contribution in [0, 0.1) is 0 Å². The molecule has 0 rings (SSSR count). The first-order chi connectivity index (χ1) is 5.06. The molecular weight excluding hydrogens is 255 g/mol. The van der Waals surface area contributed by atoms with Crippen molar-refractivity contribution < 1.29 is 3.07 Å². The molecule has 0 atom stereocenters. The zero-order chi connectivity index (χ0) is 10.2. The molecule has 0 aromatic rings. The predicted octanol–water partition coefficient (Wildman–Crippen LogP) is 3.81. The van der Waals surface area contributed by atoms with Crippen molar-refractivity contribution in [3.63, 3.8) is 0 Å². The summed E-state index contributed by atoms with van der Waals surface area (Å²) in [5.74, 6) is 0. The molecule has 0 saturated heterocycles. The maximum atomic E-state index is 5.88. The van der Waals surface area contributed by atoms with Crippen molar-refractivity contribution in [1.29, 1.82) is 0 Å². The fraction of sp³-hybridized carbons (Fsp3) is 1.00. The number of rotatable bonds is 1. The van der Waals surface area contributed by atoms with E-state index in [4.69, 9.17) is 3.07 Å². The Kier molecular flexibility index (Phi) is 3.71. The second-order valence-electron chi connectivity index (χ2n) is 5.74. The molecule has 0 fully saturated rings. The first-order valence-corrected chi connectivity index (χ1v) is 11.5. The fourth-order valence-corrected chi connectivity index (χ4v) is 11.7. The van der Waals surface area contributed by atoms with Crippen molar-refractivity contribution in [3.8, 4) is 0 Å². The van der Waals surface area contributed by atoms with E-state index in [1.54, 1.807) is 0 Å². The van der Waals surface area contributed by atoms with Crippen LogP contribution >= 0.6 is 0 Å². The van der Waals surface area contributed by atoms with Gasteiger partial charge in [-0.1, -0.05) is 0 Å². The van der Waals surface area contributed by atoms with Crippen LogP contribution in [0.5, 0.6) is 0 Å². The van der Waals surface area contributed by atoms with Crippen molar-refractivity contribution in [1.82, 2.24) is 0 Å². The van der Waals surface area contributed by atoms with Crippen molar-refractivity contribution in [3.05, 3.63) is 0 Å². The second kappa shape index (κ2) is 3.49. The standard InChI is InChI=1S/2C4H9.CH3O.CH3.Sn/c2*1-4(2)3;1-2;;/h2*1-3H3;1H3;1H3;/q;;-1;;+1.